The van der Waals surface area contributed by atoms with Gasteiger partial charge in [0.1, 0.15) is 17.7 Å². The molecule has 2 atom stereocenters. The van der Waals surface area contributed by atoms with E-state index in [9.17, 15) is 14.0 Å². The molecule has 8 heteroatoms. The molecular weight excluding hydrogens is 351 g/mol. The summed E-state index contributed by atoms with van der Waals surface area (Å²) in [5.74, 6) is -0.401. The topological polar surface area (TPSA) is 90.5 Å². The van der Waals surface area contributed by atoms with E-state index >= 15 is 0 Å². The predicted octanol–water partition coefficient (Wildman–Crippen LogP) is 1.58. The Morgan fingerprint density at radius 2 is 2.07 bits per heavy atom. The van der Waals surface area contributed by atoms with Crippen LogP contribution in [0.25, 0.3) is 0 Å². The van der Waals surface area contributed by atoms with Crippen LogP contribution in [0.5, 0.6) is 5.75 Å². The lowest BCUT2D eigenvalue weighted by atomic mass is 9.91. The largest absolute Gasteiger partial charge is 0.490 e. The first-order chi connectivity index (χ1) is 13.0. The fourth-order valence-electron chi connectivity index (χ4n) is 3.34. The zero-order valence-corrected chi connectivity index (χ0v) is 15.0. The van der Waals surface area contributed by atoms with Gasteiger partial charge in [-0.15, -0.1) is 0 Å². The number of hydrogen-bond acceptors (Lipinski definition) is 4. The van der Waals surface area contributed by atoms with Gasteiger partial charge in [0.05, 0.1) is 6.33 Å². The summed E-state index contributed by atoms with van der Waals surface area (Å²) in [6, 6.07) is 5.76. The standard InChI is InChI=1S/C19H23FN4O3/c20-15-1-3-16(4-2-15)27-17-5-9-24(12-14(17)11-18(21)25)19(26)6-8-23-10-7-22-13-23/h1-4,7,10,13-14,17H,5-6,8-9,11-12H2,(H2,21,25)/t14-,17-/m0/s1. The molecule has 1 fully saturated rings. The van der Waals surface area contributed by atoms with Crippen LogP contribution in [0.4, 0.5) is 4.39 Å². The second-order valence-corrected chi connectivity index (χ2v) is 6.72. The number of rotatable bonds is 7. The number of benzene rings is 1. The summed E-state index contributed by atoms with van der Waals surface area (Å²) in [4.78, 5) is 29.7. The number of hydrogen-bond donors (Lipinski definition) is 1. The molecular formula is C19H23FN4O3. The Morgan fingerprint density at radius 1 is 1.30 bits per heavy atom. The minimum absolute atomic E-state index is 0.0263. The molecule has 1 aliphatic rings. The van der Waals surface area contributed by atoms with E-state index in [0.717, 1.165) is 0 Å². The Bertz CT molecular complexity index is 764. The van der Waals surface area contributed by atoms with Gasteiger partial charge in [0, 0.05) is 57.2 Å². The maximum absolute atomic E-state index is 13.1. The fraction of sp³-hybridized carbons (Fsp3) is 0.421. The molecule has 0 saturated carbocycles. The molecule has 2 aromatic rings. The fourth-order valence-corrected chi connectivity index (χ4v) is 3.34. The number of ether oxygens (including phenoxy) is 1. The number of aromatic nitrogens is 2. The number of imidazole rings is 1. The summed E-state index contributed by atoms with van der Waals surface area (Å²) in [5.41, 5.74) is 5.39. The molecule has 27 heavy (non-hydrogen) atoms. The van der Waals surface area contributed by atoms with E-state index in [4.69, 9.17) is 10.5 Å². The van der Waals surface area contributed by atoms with E-state index < -0.39 is 5.91 Å². The first-order valence-corrected chi connectivity index (χ1v) is 8.95. The molecule has 0 unspecified atom stereocenters. The molecule has 1 aromatic carbocycles. The molecule has 1 saturated heterocycles. The third-order valence-electron chi connectivity index (χ3n) is 4.72. The third kappa shape index (κ3) is 5.29. The molecule has 2 N–H and O–H groups in total. The maximum Gasteiger partial charge on any atom is 0.224 e. The van der Waals surface area contributed by atoms with Crippen molar-refractivity contribution in [3.05, 3.63) is 48.8 Å². The number of nitrogens with zero attached hydrogens (tertiary/aromatic N) is 3. The summed E-state index contributed by atoms with van der Waals surface area (Å²) in [6.07, 6.45) is 6.00. The van der Waals surface area contributed by atoms with E-state index in [1.54, 1.807) is 29.6 Å². The highest BCUT2D eigenvalue weighted by Crippen LogP contribution is 2.26. The quantitative estimate of drug-likeness (QED) is 0.797. The number of aryl methyl sites for hydroxylation is 1. The smallest absolute Gasteiger partial charge is 0.224 e. The third-order valence-corrected chi connectivity index (χ3v) is 4.72. The maximum atomic E-state index is 13.1. The van der Waals surface area contributed by atoms with Crippen LogP contribution in [0.3, 0.4) is 0 Å². The zero-order valence-electron chi connectivity index (χ0n) is 15.0. The number of amides is 2. The predicted molar refractivity (Wildman–Crippen MR) is 96.2 cm³/mol. The number of piperidine rings is 1. The van der Waals surface area contributed by atoms with E-state index in [1.807, 2.05) is 10.8 Å². The summed E-state index contributed by atoms with van der Waals surface area (Å²) < 4.78 is 20.9. The van der Waals surface area contributed by atoms with Crippen molar-refractivity contribution in [2.45, 2.75) is 31.9 Å². The lowest BCUT2D eigenvalue weighted by molar-refractivity contribution is -0.136. The van der Waals surface area contributed by atoms with Crippen LogP contribution in [0, 0.1) is 11.7 Å². The number of nitrogens with two attached hydrogens (primary N) is 1. The minimum atomic E-state index is -0.430. The van der Waals surface area contributed by atoms with Crippen molar-refractivity contribution in [3.63, 3.8) is 0 Å². The summed E-state index contributed by atoms with van der Waals surface area (Å²) in [6.45, 7) is 1.52. The Hall–Kier alpha value is -2.90. The van der Waals surface area contributed by atoms with Crippen molar-refractivity contribution in [2.75, 3.05) is 13.1 Å². The van der Waals surface area contributed by atoms with Crippen molar-refractivity contribution in [2.24, 2.45) is 11.7 Å². The van der Waals surface area contributed by atoms with Gasteiger partial charge in [0.25, 0.3) is 0 Å². The van der Waals surface area contributed by atoms with Crippen LogP contribution in [0.2, 0.25) is 0 Å². The second-order valence-electron chi connectivity index (χ2n) is 6.72. The molecule has 0 radical (unpaired) electrons. The SMILES string of the molecule is NC(=O)C[C@H]1CN(C(=O)CCn2ccnc2)CC[C@@H]1Oc1ccc(F)cc1. The van der Waals surface area contributed by atoms with E-state index in [0.29, 0.717) is 38.2 Å². The van der Waals surface area contributed by atoms with E-state index in [2.05, 4.69) is 4.98 Å². The van der Waals surface area contributed by atoms with Gasteiger partial charge in [-0.05, 0) is 24.3 Å². The number of halogens is 1. The lowest BCUT2D eigenvalue weighted by Crippen LogP contribution is -2.49. The van der Waals surface area contributed by atoms with Crippen LogP contribution < -0.4 is 10.5 Å². The zero-order chi connectivity index (χ0) is 19.2. The van der Waals surface area contributed by atoms with Gasteiger partial charge in [-0.2, -0.15) is 0 Å². The summed E-state index contributed by atoms with van der Waals surface area (Å²) in [7, 11) is 0. The van der Waals surface area contributed by atoms with Gasteiger partial charge in [-0.25, -0.2) is 9.37 Å². The molecule has 0 bridgehead atoms. The van der Waals surface area contributed by atoms with Gasteiger partial charge >= 0.3 is 0 Å². The van der Waals surface area contributed by atoms with Crippen LogP contribution in [-0.2, 0) is 16.1 Å². The normalized spacial score (nSPS) is 19.7. The second kappa shape index (κ2) is 8.66. The lowest BCUT2D eigenvalue weighted by Gasteiger charge is -2.38. The van der Waals surface area contributed by atoms with Crippen molar-refractivity contribution < 1.29 is 18.7 Å². The first kappa shape index (κ1) is 18.9. The first-order valence-electron chi connectivity index (χ1n) is 8.95. The highest BCUT2D eigenvalue weighted by Gasteiger charge is 2.33. The van der Waals surface area contributed by atoms with Gasteiger partial charge in [0.15, 0.2) is 0 Å². The molecule has 144 valence electrons. The number of primary amides is 1. The molecule has 2 heterocycles. The van der Waals surface area contributed by atoms with E-state index in [1.165, 1.54) is 12.1 Å². The highest BCUT2D eigenvalue weighted by molar-refractivity contribution is 5.77. The Kier molecular flexibility index (Phi) is 6.05. The van der Waals surface area contributed by atoms with Gasteiger partial charge in [-0.1, -0.05) is 0 Å². The number of carbonyl (C=O) groups is 2. The Labute approximate surface area is 156 Å². The monoisotopic (exact) mass is 374 g/mol. The molecule has 2 amide bonds. The van der Waals surface area contributed by atoms with E-state index in [-0.39, 0.29) is 30.2 Å². The Balaban J connectivity index is 1.60. The average Bonchev–Trinajstić information content (AvgIpc) is 3.16. The van der Waals surface area contributed by atoms with Crippen molar-refractivity contribution in [1.82, 2.24) is 14.5 Å². The van der Waals surface area contributed by atoms with Crippen molar-refractivity contribution in [1.29, 1.82) is 0 Å². The molecule has 1 aliphatic heterocycles. The summed E-state index contributed by atoms with van der Waals surface area (Å²) >= 11 is 0. The van der Waals surface area contributed by atoms with Crippen LogP contribution in [0.15, 0.2) is 43.0 Å². The number of carbonyl (C=O) groups excluding carboxylic acids is 2. The highest BCUT2D eigenvalue weighted by atomic mass is 19.1. The average molecular weight is 374 g/mol. The Morgan fingerprint density at radius 3 is 2.74 bits per heavy atom. The molecule has 0 aliphatic carbocycles. The molecule has 0 spiro atoms. The van der Waals surface area contributed by atoms with Crippen LogP contribution in [0.1, 0.15) is 19.3 Å². The molecule has 7 nitrogen and oxygen atoms in total. The molecule has 1 aromatic heterocycles. The minimum Gasteiger partial charge on any atom is -0.490 e. The number of likely N-dealkylation sites (tertiary alicyclic amines) is 1. The van der Waals surface area contributed by atoms with Crippen molar-refractivity contribution in [3.8, 4) is 5.75 Å². The van der Waals surface area contributed by atoms with Crippen molar-refractivity contribution >= 4 is 11.8 Å². The van der Waals surface area contributed by atoms with Crippen LogP contribution >= 0.6 is 0 Å². The van der Waals surface area contributed by atoms with Crippen LogP contribution in [-0.4, -0.2) is 45.5 Å². The van der Waals surface area contributed by atoms with Gasteiger partial charge < -0.3 is 19.9 Å². The molecule has 3 rings (SSSR count). The summed E-state index contributed by atoms with van der Waals surface area (Å²) in [5, 5.41) is 0. The van der Waals surface area contributed by atoms with Gasteiger partial charge in [-0.3, -0.25) is 9.59 Å². The van der Waals surface area contributed by atoms with Gasteiger partial charge in [0.2, 0.25) is 11.8 Å².